The minimum atomic E-state index is 0.237. The van der Waals surface area contributed by atoms with Crippen molar-refractivity contribution in [1.29, 1.82) is 0 Å². The number of nitrogens with zero attached hydrogens (tertiary/aromatic N) is 2. The van der Waals surface area contributed by atoms with Gasteiger partial charge < -0.3 is 25.0 Å². The molecule has 1 aliphatic rings. The van der Waals surface area contributed by atoms with Crippen LogP contribution < -0.4 is 10.6 Å². The van der Waals surface area contributed by atoms with Gasteiger partial charge in [0.15, 0.2) is 5.96 Å². The van der Waals surface area contributed by atoms with Gasteiger partial charge in [0.2, 0.25) is 0 Å². The Labute approximate surface area is 110 Å². The normalized spacial score (nSPS) is 21.9. The largest absolute Gasteiger partial charge is 0.385 e. The molecule has 0 amide bonds. The van der Waals surface area contributed by atoms with Gasteiger partial charge in [0.1, 0.15) is 0 Å². The van der Waals surface area contributed by atoms with E-state index in [0.717, 1.165) is 51.8 Å². The molecule has 0 spiro atoms. The van der Waals surface area contributed by atoms with Crippen molar-refractivity contribution in [2.75, 3.05) is 60.6 Å². The average molecular weight is 258 g/mol. The predicted molar refractivity (Wildman–Crippen MR) is 73.1 cm³/mol. The van der Waals surface area contributed by atoms with E-state index in [4.69, 9.17) is 9.47 Å². The number of morpholine rings is 1. The molecule has 6 nitrogen and oxygen atoms in total. The summed E-state index contributed by atoms with van der Waals surface area (Å²) >= 11 is 0. The van der Waals surface area contributed by atoms with Crippen molar-refractivity contribution < 1.29 is 9.47 Å². The van der Waals surface area contributed by atoms with Gasteiger partial charge >= 0.3 is 0 Å². The lowest BCUT2D eigenvalue weighted by molar-refractivity contribution is -0.0161. The van der Waals surface area contributed by atoms with E-state index in [1.165, 1.54) is 0 Å². The van der Waals surface area contributed by atoms with Gasteiger partial charge in [0.05, 0.1) is 12.7 Å². The van der Waals surface area contributed by atoms with Gasteiger partial charge in [0.25, 0.3) is 0 Å². The third-order valence-electron chi connectivity index (χ3n) is 2.88. The molecular weight excluding hydrogens is 232 g/mol. The van der Waals surface area contributed by atoms with Crippen molar-refractivity contribution in [2.45, 2.75) is 12.5 Å². The molecule has 1 unspecified atom stereocenters. The van der Waals surface area contributed by atoms with E-state index < -0.39 is 0 Å². The Hall–Kier alpha value is -0.850. The van der Waals surface area contributed by atoms with Crippen LogP contribution in [0.25, 0.3) is 0 Å². The summed E-state index contributed by atoms with van der Waals surface area (Å²) in [6.45, 7) is 5.20. The van der Waals surface area contributed by atoms with Crippen LogP contribution in [0.4, 0.5) is 0 Å². The summed E-state index contributed by atoms with van der Waals surface area (Å²) in [6, 6.07) is 0. The molecular formula is C12H26N4O2. The first-order valence-electron chi connectivity index (χ1n) is 6.50. The summed E-state index contributed by atoms with van der Waals surface area (Å²) in [7, 11) is 5.61. The van der Waals surface area contributed by atoms with Crippen LogP contribution in [0.2, 0.25) is 0 Å². The first kappa shape index (κ1) is 15.2. The summed E-state index contributed by atoms with van der Waals surface area (Å²) < 4.78 is 10.7. The van der Waals surface area contributed by atoms with Gasteiger partial charge in [-0.1, -0.05) is 0 Å². The molecule has 0 aliphatic carbocycles. The van der Waals surface area contributed by atoms with Crippen molar-refractivity contribution in [3.63, 3.8) is 0 Å². The molecule has 1 aliphatic heterocycles. The lowest BCUT2D eigenvalue weighted by Gasteiger charge is -2.30. The minimum absolute atomic E-state index is 0.237. The molecule has 0 radical (unpaired) electrons. The fourth-order valence-corrected chi connectivity index (χ4v) is 1.84. The molecule has 2 N–H and O–H groups in total. The van der Waals surface area contributed by atoms with Gasteiger partial charge in [-0.05, 0) is 13.5 Å². The standard InChI is InChI=1S/C12H26N4O2/c1-13-12(14-5-4-7-17-3)15-9-11-10-16(2)6-8-18-11/h11H,4-10H2,1-3H3,(H2,13,14,15). The van der Waals surface area contributed by atoms with Crippen LogP contribution >= 0.6 is 0 Å². The van der Waals surface area contributed by atoms with Crippen LogP contribution in [0, 0.1) is 0 Å². The number of guanidine groups is 1. The summed E-state index contributed by atoms with van der Waals surface area (Å²) in [5, 5.41) is 6.53. The minimum Gasteiger partial charge on any atom is -0.385 e. The maximum absolute atomic E-state index is 5.68. The zero-order valence-electron chi connectivity index (χ0n) is 11.7. The molecule has 0 saturated carbocycles. The van der Waals surface area contributed by atoms with Crippen LogP contribution in [0.15, 0.2) is 4.99 Å². The topological polar surface area (TPSA) is 58.1 Å². The summed E-state index contributed by atoms with van der Waals surface area (Å²) in [5.41, 5.74) is 0. The third-order valence-corrected chi connectivity index (χ3v) is 2.88. The Bertz CT molecular complexity index is 248. The molecule has 1 saturated heterocycles. The van der Waals surface area contributed by atoms with Gasteiger partial charge in [-0.25, -0.2) is 0 Å². The van der Waals surface area contributed by atoms with Gasteiger partial charge in [-0.15, -0.1) is 0 Å². The number of hydrogen-bond donors (Lipinski definition) is 2. The molecule has 6 heteroatoms. The molecule has 18 heavy (non-hydrogen) atoms. The highest BCUT2D eigenvalue weighted by Crippen LogP contribution is 2.01. The highest BCUT2D eigenvalue weighted by Gasteiger charge is 2.17. The van der Waals surface area contributed by atoms with Crippen LogP contribution in [0.1, 0.15) is 6.42 Å². The lowest BCUT2D eigenvalue weighted by atomic mass is 10.3. The number of hydrogen-bond acceptors (Lipinski definition) is 4. The monoisotopic (exact) mass is 258 g/mol. The number of ether oxygens (including phenoxy) is 2. The first-order chi connectivity index (χ1) is 8.76. The smallest absolute Gasteiger partial charge is 0.191 e. The van der Waals surface area contributed by atoms with Crippen LogP contribution in [-0.2, 0) is 9.47 Å². The van der Waals surface area contributed by atoms with Crippen LogP contribution in [0.5, 0.6) is 0 Å². The Morgan fingerprint density at radius 3 is 3.00 bits per heavy atom. The molecule has 0 aromatic carbocycles. The van der Waals surface area contributed by atoms with Crippen molar-refractivity contribution in [3.8, 4) is 0 Å². The Morgan fingerprint density at radius 2 is 2.33 bits per heavy atom. The molecule has 0 bridgehead atoms. The van der Waals surface area contributed by atoms with E-state index in [-0.39, 0.29) is 6.10 Å². The molecule has 1 atom stereocenters. The Morgan fingerprint density at radius 1 is 1.50 bits per heavy atom. The number of methoxy groups -OCH3 is 1. The van der Waals surface area contributed by atoms with Crippen molar-refractivity contribution in [2.24, 2.45) is 4.99 Å². The molecule has 1 fully saturated rings. The summed E-state index contributed by atoms with van der Waals surface area (Å²) in [6.07, 6.45) is 1.21. The maximum atomic E-state index is 5.68. The SMILES string of the molecule is CN=C(NCCCOC)NCC1CN(C)CCO1. The lowest BCUT2D eigenvalue weighted by Crippen LogP contribution is -2.48. The molecule has 106 valence electrons. The fourth-order valence-electron chi connectivity index (χ4n) is 1.84. The Balaban J connectivity index is 2.14. The van der Waals surface area contributed by atoms with Gasteiger partial charge in [0, 0.05) is 46.9 Å². The summed E-state index contributed by atoms with van der Waals surface area (Å²) in [5.74, 6) is 0.822. The number of aliphatic imine (C=N–C) groups is 1. The second-order valence-electron chi connectivity index (χ2n) is 4.48. The summed E-state index contributed by atoms with van der Waals surface area (Å²) in [4.78, 5) is 6.46. The third kappa shape index (κ3) is 6.18. The van der Waals surface area contributed by atoms with E-state index in [1.54, 1.807) is 14.2 Å². The van der Waals surface area contributed by atoms with E-state index in [1.807, 2.05) is 0 Å². The zero-order chi connectivity index (χ0) is 13.2. The second-order valence-corrected chi connectivity index (χ2v) is 4.48. The Kier molecular flexibility index (Phi) is 7.71. The highest BCUT2D eigenvalue weighted by molar-refractivity contribution is 5.79. The number of nitrogens with one attached hydrogen (secondary N) is 2. The van der Waals surface area contributed by atoms with E-state index >= 15 is 0 Å². The molecule has 1 heterocycles. The van der Waals surface area contributed by atoms with Gasteiger partial charge in [-0.2, -0.15) is 0 Å². The van der Waals surface area contributed by atoms with E-state index in [0.29, 0.717) is 0 Å². The van der Waals surface area contributed by atoms with E-state index in [2.05, 4.69) is 27.6 Å². The first-order valence-corrected chi connectivity index (χ1v) is 6.50. The molecule has 1 rings (SSSR count). The van der Waals surface area contributed by atoms with Crippen molar-refractivity contribution in [3.05, 3.63) is 0 Å². The fraction of sp³-hybridized carbons (Fsp3) is 0.917. The predicted octanol–water partition coefficient (Wildman–Crippen LogP) is -0.481. The zero-order valence-corrected chi connectivity index (χ0v) is 11.7. The van der Waals surface area contributed by atoms with Crippen molar-refractivity contribution >= 4 is 5.96 Å². The number of likely N-dealkylation sites (N-methyl/N-ethyl adjacent to an activating group) is 1. The van der Waals surface area contributed by atoms with E-state index in [9.17, 15) is 0 Å². The second kappa shape index (κ2) is 9.13. The number of rotatable bonds is 6. The van der Waals surface area contributed by atoms with Gasteiger partial charge in [-0.3, -0.25) is 4.99 Å². The molecule has 0 aromatic rings. The quantitative estimate of drug-likeness (QED) is 0.383. The van der Waals surface area contributed by atoms with Crippen LogP contribution in [0.3, 0.4) is 0 Å². The maximum Gasteiger partial charge on any atom is 0.191 e. The highest BCUT2D eigenvalue weighted by atomic mass is 16.5. The average Bonchev–Trinajstić information content (AvgIpc) is 2.38. The van der Waals surface area contributed by atoms with Crippen LogP contribution in [-0.4, -0.2) is 77.6 Å². The van der Waals surface area contributed by atoms with Crippen molar-refractivity contribution in [1.82, 2.24) is 15.5 Å². The molecule has 0 aromatic heterocycles.